The Balaban J connectivity index is 4.52. The van der Waals surface area contributed by atoms with E-state index in [4.69, 9.17) is 14.2 Å². The van der Waals surface area contributed by atoms with Crippen LogP contribution in [-0.4, -0.2) is 37.2 Å². The summed E-state index contributed by atoms with van der Waals surface area (Å²) in [5, 5.41) is 0. The van der Waals surface area contributed by atoms with Gasteiger partial charge in [0.05, 0.1) is 0 Å². The highest BCUT2D eigenvalue weighted by atomic mass is 16.6. The van der Waals surface area contributed by atoms with Gasteiger partial charge in [-0.25, -0.2) is 0 Å². The normalized spacial score (nSPS) is 13.0. The van der Waals surface area contributed by atoms with Crippen LogP contribution in [0.5, 0.6) is 0 Å². The Labute approximate surface area is 437 Å². The molecule has 0 aromatic rings. The summed E-state index contributed by atoms with van der Waals surface area (Å²) in [6.07, 6.45) is 80.5. The van der Waals surface area contributed by atoms with Gasteiger partial charge in [0, 0.05) is 19.3 Å². The van der Waals surface area contributed by atoms with Gasteiger partial charge >= 0.3 is 17.9 Å². The van der Waals surface area contributed by atoms with Crippen LogP contribution in [0, 0.1) is 0 Å². The predicted molar refractivity (Wildman–Crippen MR) is 306 cm³/mol. The fraction of sp³-hybridized carbons (Fsp3) is 0.646. The van der Waals surface area contributed by atoms with Crippen LogP contribution in [0.2, 0.25) is 0 Å². The molecule has 0 aromatic heterocycles. The lowest BCUT2D eigenvalue weighted by molar-refractivity contribution is -0.167. The highest BCUT2D eigenvalue weighted by molar-refractivity contribution is 5.71. The molecule has 1 atom stereocenters. The van der Waals surface area contributed by atoms with E-state index in [1.165, 1.54) is 89.9 Å². The third kappa shape index (κ3) is 56.6. The summed E-state index contributed by atoms with van der Waals surface area (Å²) in [5.74, 6) is -0.996. The summed E-state index contributed by atoms with van der Waals surface area (Å²) >= 11 is 0. The SMILES string of the molecule is CC/C=C\C/C=C\C/C=C\C/C=C\C/C=C\CCCC(=O)OC[C@H](COC(=O)CCCCCC/C=C\C/C=C\C/C=C\C/C=C\CC)OC(=O)CCCCCCCCCCC/C=C\CCCCCCCC. The van der Waals surface area contributed by atoms with Gasteiger partial charge < -0.3 is 14.2 Å². The van der Waals surface area contributed by atoms with Crippen molar-refractivity contribution in [3.8, 4) is 0 Å². The van der Waals surface area contributed by atoms with E-state index in [0.717, 1.165) is 116 Å². The Hall–Kier alpha value is -4.19. The van der Waals surface area contributed by atoms with Crippen LogP contribution in [0.3, 0.4) is 0 Å². The van der Waals surface area contributed by atoms with Crippen molar-refractivity contribution >= 4 is 17.9 Å². The quantitative estimate of drug-likeness (QED) is 0.0261. The van der Waals surface area contributed by atoms with Gasteiger partial charge in [0.1, 0.15) is 13.2 Å². The van der Waals surface area contributed by atoms with Crippen molar-refractivity contribution in [3.63, 3.8) is 0 Å². The maximum atomic E-state index is 12.9. The van der Waals surface area contributed by atoms with Crippen LogP contribution in [0.4, 0.5) is 0 Å². The number of ether oxygens (including phenoxy) is 3. The molecule has 0 radical (unpaired) electrons. The number of hydrogen-bond acceptors (Lipinski definition) is 6. The van der Waals surface area contributed by atoms with E-state index in [-0.39, 0.29) is 37.5 Å². The smallest absolute Gasteiger partial charge is 0.306 e. The van der Waals surface area contributed by atoms with Crippen LogP contribution >= 0.6 is 0 Å². The standard InChI is InChI=1S/C65H106O6/c1-4-7-10-13-16-19-22-25-28-31-32-35-38-41-44-47-50-53-56-59-65(68)71-62(60-69-63(66)57-54-51-48-45-42-39-36-33-29-26-23-20-17-14-11-8-5-2)61-70-64(67)58-55-52-49-46-43-40-37-34-30-27-24-21-18-15-12-9-6-3/h8-9,11-12,17-18,20-21,25-30,36-37,39-40,45,48,62H,4-7,10,13-16,19,22-24,31-35,38,41-44,46-47,49-61H2,1-3H3/b11-8-,12-9-,20-17-,21-18-,28-25-,29-26-,30-27-,39-36-,40-37-,48-45-/t62-/m1/s1. The molecule has 0 heterocycles. The predicted octanol–water partition coefficient (Wildman–Crippen LogP) is 19.6. The lowest BCUT2D eigenvalue weighted by Crippen LogP contribution is -2.30. The number of rotatable bonds is 51. The zero-order chi connectivity index (χ0) is 51.4. The average Bonchev–Trinajstić information content (AvgIpc) is 3.37. The maximum absolute atomic E-state index is 12.9. The summed E-state index contributed by atoms with van der Waals surface area (Å²) < 4.78 is 16.8. The molecule has 0 amide bonds. The van der Waals surface area contributed by atoms with E-state index >= 15 is 0 Å². The van der Waals surface area contributed by atoms with Gasteiger partial charge in [0.15, 0.2) is 6.10 Å². The fourth-order valence-electron chi connectivity index (χ4n) is 7.64. The molecule has 0 aliphatic carbocycles. The summed E-state index contributed by atoms with van der Waals surface area (Å²) in [7, 11) is 0. The molecule has 0 bridgehead atoms. The second kappa shape index (κ2) is 58.4. The van der Waals surface area contributed by atoms with Crippen molar-refractivity contribution < 1.29 is 28.6 Å². The van der Waals surface area contributed by atoms with Gasteiger partial charge in [0.2, 0.25) is 0 Å². The van der Waals surface area contributed by atoms with Gasteiger partial charge in [-0.15, -0.1) is 0 Å². The monoisotopic (exact) mass is 983 g/mol. The maximum Gasteiger partial charge on any atom is 0.306 e. The van der Waals surface area contributed by atoms with Crippen molar-refractivity contribution in [1.82, 2.24) is 0 Å². The first kappa shape index (κ1) is 66.8. The van der Waals surface area contributed by atoms with E-state index in [0.29, 0.717) is 19.3 Å². The Morgan fingerprint density at radius 3 is 0.930 bits per heavy atom. The van der Waals surface area contributed by atoms with E-state index < -0.39 is 6.10 Å². The van der Waals surface area contributed by atoms with E-state index in [2.05, 4.69) is 142 Å². The van der Waals surface area contributed by atoms with Crippen LogP contribution in [0.15, 0.2) is 122 Å². The fourth-order valence-corrected chi connectivity index (χ4v) is 7.64. The molecule has 6 heteroatoms. The number of unbranched alkanes of at least 4 members (excludes halogenated alkanes) is 20. The minimum Gasteiger partial charge on any atom is -0.462 e. The minimum atomic E-state index is -0.816. The Morgan fingerprint density at radius 2 is 0.563 bits per heavy atom. The molecule has 0 saturated heterocycles. The molecular weight excluding hydrogens is 877 g/mol. The highest BCUT2D eigenvalue weighted by Crippen LogP contribution is 2.14. The number of hydrogen-bond donors (Lipinski definition) is 0. The Kier molecular flexibility index (Phi) is 54.9. The molecule has 0 spiro atoms. The first-order valence-corrected chi connectivity index (χ1v) is 29.0. The average molecular weight is 984 g/mol. The van der Waals surface area contributed by atoms with E-state index in [1.807, 2.05) is 0 Å². The molecule has 0 fully saturated rings. The molecule has 0 unspecified atom stereocenters. The van der Waals surface area contributed by atoms with Gasteiger partial charge in [-0.05, 0) is 122 Å². The molecule has 6 nitrogen and oxygen atoms in total. The second-order valence-corrected chi connectivity index (χ2v) is 18.8. The molecule has 0 aliphatic rings. The molecule has 0 saturated carbocycles. The van der Waals surface area contributed by atoms with Gasteiger partial charge in [0.25, 0.3) is 0 Å². The van der Waals surface area contributed by atoms with Crippen molar-refractivity contribution in [2.45, 2.75) is 258 Å². The van der Waals surface area contributed by atoms with Crippen LogP contribution in [0.1, 0.15) is 252 Å². The van der Waals surface area contributed by atoms with Gasteiger partial charge in [-0.1, -0.05) is 232 Å². The minimum absolute atomic E-state index is 0.112. The molecule has 0 aliphatic heterocycles. The van der Waals surface area contributed by atoms with Crippen LogP contribution < -0.4 is 0 Å². The highest BCUT2D eigenvalue weighted by Gasteiger charge is 2.19. The number of carbonyl (C=O) groups is 3. The molecule has 71 heavy (non-hydrogen) atoms. The van der Waals surface area contributed by atoms with E-state index in [1.54, 1.807) is 0 Å². The third-order valence-electron chi connectivity index (χ3n) is 11.9. The molecule has 0 aromatic carbocycles. The topological polar surface area (TPSA) is 78.9 Å². The molecule has 0 rings (SSSR count). The zero-order valence-corrected chi connectivity index (χ0v) is 45.9. The third-order valence-corrected chi connectivity index (χ3v) is 11.9. The van der Waals surface area contributed by atoms with Crippen molar-refractivity contribution in [1.29, 1.82) is 0 Å². The molecule has 402 valence electrons. The van der Waals surface area contributed by atoms with Crippen molar-refractivity contribution in [3.05, 3.63) is 122 Å². The first-order chi connectivity index (χ1) is 35.0. The Morgan fingerprint density at radius 1 is 0.296 bits per heavy atom. The summed E-state index contributed by atoms with van der Waals surface area (Å²) in [4.78, 5) is 38.2. The largest absolute Gasteiger partial charge is 0.462 e. The first-order valence-electron chi connectivity index (χ1n) is 29.0. The lowest BCUT2D eigenvalue weighted by atomic mass is 10.1. The number of carbonyl (C=O) groups excluding carboxylic acids is 3. The number of esters is 3. The Bertz CT molecular complexity index is 1500. The number of allylic oxidation sites excluding steroid dienone is 20. The van der Waals surface area contributed by atoms with Crippen molar-refractivity contribution in [2.24, 2.45) is 0 Å². The summed E-state index contributed by atoms with van der Waals surface area (Å²) in [6, 6.07) is 0. The van der Waals surface area contributed by atoms with Gasteiger partial charge in [-0.3, -0.25) is 14.4 Å². The zero-order valence-electron chi connectivity index (χ0n) is 45.9. The lowest BCUT2D eigenvalue weighted by Gasteiger charge is -2.18. The van der Waals surface area contributed by atoms with Crippen LogP contribution in [0.25, 0.3) is 0 Å². The van der Waals surface area contributed by atoms with E-state index in [9.17, 15) is 14.4 Å². The van der Waals surface area contributed by atoms with Crippen molar-refractivity contribution in [2.75, 3.05) is 13.2 Å². The molecular formula is C65H106O6. The van der Waals surface area contributed by atoms with Gasteiger partial charge in [-0.2, -0.15) is 0 Å². The summed E-state index contributed by atoms with van der Waals surface area (Å²) in [6.45, 7) is 6.34. The molecule has 0 N–H and O–H groups in total. The second-order valence-electron chi connectivity index (χ2n) is 18.8. The summed E-state index contributed by atoms with van der Waals surface area (Å²) in [5.41, 5.74) is 0. The van der Waals surface area contributed by atoms with Crippen LogP contribution in [-0.2, 0) is 28.6 Å².